The summed E-state index contributed by atoms with van der Waals surface area (Å²) in [5.74, 6) is 2.47. The van der Waals surface area contributed by atoms with Gasteiger partial charge < -0.3 is 14.2 Å². The summed E-state index contributed by atoms with van der Waals surface area (Å²) in [6.07, 6.45) is 12.2. The maximum Gasteiger partial charge on any atom is 0.162 e. The zero-order valence-electron chi connectivity index (χ0n) is 31.4. The van der Waals surface area contributed by atoms with E-state index in [0.29, 0.717) is 13.2 Å². The molecule has 0 unspecified atom stereocenters. The summed E-state index contributed by atoms with van der Waals surface area (Å²) in [4.78, 5) is 0. The number of ether oxygens (including phenoxy) is 3. The van der Waals surface area contributed by atoms with Crippen molar-refractivity contribution in [3.8, 4) is 39.5 Å². The molecular weight excluding hydrogens is 775 g/mol. The molecule has 0 aliphatic rings. The van der Waals surface area contributed by atoms with E-state index in [-0.39, 0.29) is 0 Å². The SMILES string of the molecule is ICCCCCCOc1ccc(-c2ccc(CCCCCCc3ccc(-c4ccc(OCc5ccccc5)c(OCc5ccccc5)c4)cc3)cc2)cc1. The van der Waals surface area contributed by atoms with Gasteiger partial charge in [0.15, 0.2) is 11.5 Å². The molecule has 0 bridgehead atoms. The Hall–Kier alpha value is -4.55. The van der Waals surface area contributed by atoms with E-state index in [9.17, 15) is 0 Å². The third-order valence-electron chi connectivity index (χ3n) is 9.82. The predicted octanol–water partition coefficient (Wildman–Crippen LogP) is 13.9. The van der Waals surface area contributed by atoms with E-state index in [4.69, 9.17) is 14.2 Å². The minimum absolute atomic E-state index is 0.488. The number of alkyl halides is 1. The number of benzene rings is 6. The van der Waals surface area contributed by atoms with Crippen molar-refractivity contribution in [2.45, 2.75) is 77.4 Å². The maximum absolute atomic E-state index is 6.33. The standard InChI is InChI=1S/C50H53IO3/c51-35-13-3-4-14-36-52-48-32-29-45(30-33-48)44-25-21-40(22-26-44)15-7-1-2-8-16-41-23-27-46(28-24-41)47-31-34-49(53-38-42-17-9-5-10-18-42)50(37-47)54-39-43-19-11-6-12-20-43/h5-6,9-12,17-34,37H,1-4,7-8,13-16,35-36,38-39H2. The molecule has 0 N–H and O–H groups in total. The first-order chi connectivity index (χ1) is 26.7. The Morgan fingerprint density at radius 2 is 0.815 bits per heavy atom. The van der Waals surface area contributed by atoms with Gasteiger partial charge in [0.1, 0.15) is 19.0 Å². The number of hydrogen-bond donors (Lipinski definition) is 0. The molecule has 0 atom stereocenters. The molecule has 3 nitrogen and oxygen atoms in total. The smallest absolute Gasteiger partial charge is 0.162 e. The predicted molar refractivity (Wildman–Crippen MR) is 234 cm³/mol. The fraction of sp³-hybridized carbons (Fsp3) is 0.280. The summed E-state index contributed by atoms with van der Waals surface area (Å²) >= 11 is 2.45. The molecule has 0 aliphatic carbocycles. The summed E-state index contributed by atoms with van der Waals surface area (Å²) < 4.78 is 19.8. The fourth-order valence-corrected chi connectivity index (χ4v) is 7.15. The summed E-state index contributed by atoms with van der Waals surface area (Å²) in [5, 5.41) is 0. The molecule has 6 aromatic rings. The highest BCUT2D eigenvalue weighted by molar-refractivity contribution is 14.1. The van der Waals surface area contributed by atoms with Gasteiger partial charge in [-0.15, -0.1) is 0 Å². The van der Waals surface area contributed by atoms with Crippen LogP contribution >= 0.6 is 22.6 Å². The lowest BCUT2D eigenvalue weighted by Gasteiger charge is -2.15. The Kier molecular flexibility index (Phi) is 15.9. The molecule has 4 heteroatoms. The number of rotatable bonds is 22. The van der Waals surface area contributed by atoms with E-state index in [0.717, 1.165) is 59.8 Å². The molecule has 0 saturated carbocycles. The van der Waals surface area contributed by atoms with Crippen LogP contribution < -0.4 is 14.2 Å². The Morgan fingerprint density at radius 3 is 1.37 bits per heavy atom. The highest BCUT2D eigenvalue weighted by Gasteiger charge is 2.10. The summed E-state index contributed by atoms with van der Waals surface area (Å²) in [5.41, 5.74) is 9.86. The van der Waals surface area contributed by atoms with E-state index in [1.165, 1.54) is 77.2 Å². The molecule has 0 saturated heterocycles. The molecule has 54 heavy (non-hydrogen) atoms. The van der Waals surface area contributed by atoms with Crippen LogP contribution in [0.15, 0.2) is 152 Å². The average Bonchev–Trinajstić information content (AvgIpc) is 3.23. The molecule has 0 aromatic heterocycles. The van der Waals surface area contributed by atoms with Crippen LogP contribution in [0.1, 0.15) is 73.6 Å². The van der Waals surface area contributed by atoms with Crippen LogP contribution in [0.5, 0.6) is 17.2 Å². The summed E-state index contributed by atoms with van der Waals surface area (Å²) in [6.45, 7) is 1.79. The molecule has 0 fully saturated rings. The zero-order chi connectivity index (χ0) is 37.0. The molecule has 0 amide bonds. The van der Waals surface area contributed by atoms with Crippen LogP contribution in [-0.4, -0.2) is 11.0 Å². The number of unbranched alkanes of at least 4 members (excludes halogenated alkanes) is 6. The van der Waals surface area contributed by atoms with Gasteiger partial charge in [0.2, 0.25) is 0 Å². The molecule has 0 aliphatic heterocycles. The number of aryl methyl sites for hydroxylation is 2. The second-order valence-corrected chi connectivity index (χ2v) is 15.1. The van der Waals surface area contributed by atoms with E-state index >= 15 is 0 Å². The molecule has 0 radical (unpaired) electrons. The van der Waals surface area contributed by atoms with Crippen molar-refractivity contribution < 1.29 is 14.2 Å². The second-order valence-electron chi connectivity index (χ2n) is 14.0. The lowest BCUT2D eigenvalue weighted by atomic mass is 9.99. The van der Waals surface area contributed by atoms with Crippen molar-refractivity contribution in [1.29, 1.82) is 0 Å². The fourth-order valence-electron chi connectivity index (χ4n) is 6.61. The maximum atomic E-state index is 6.33. The third-order valence-corrected chi connectivity index (χ3v) is 10.6. The average molecular weight is 829 g/mol. The minimum atomic E-state index is 0.488. The van der Waals surface area contributed by atoms with Gasteiger partial charge in [-0.2, -0.15) is 0 Å². The van der Waals surface area contributed by atoms with Gasteiger partial charge in [-0.05, 0) is 112 Å². The van der Waals surface area contributed by atoms with Gasteiger partial charge in [-0.3, -0.25) is 0 Å². The molecule has 0 spiro atoms. The lowest BCUT2D eigenvalue weighted by molar-refractivity contribution is 0.256. The largest absolute Gasteiger partial charge is 0.494 e. The van der Waals surface area contributed by atoms with E-state index in [1.807, 2.05) is 42.5 Å². The molecule has 0 heterocycles. The first-order valence-electron chi connectivity index (χ1n) is 19.7. The number of halogens is 1. The monoisotopic (exact) mass is 828 g/mol. The normalized spacial score (nSPS) is 11.0. The molecule has 6 aromatic carbocycles. The topological polar surface area (TPSA) is 27.7 Å². The second kappa shape index (κ2) is 22.0. The van der Waals surface area contributed by atoms with Crippen LogP contribution in [0.25, 0.3) is 22.3 Å². The van der Waals surface area contributed by atoms with E-state index in [2.05, 4.69) is 132 Å². The Balaban J connectivity index is 0.923. The van der Waals surface area contributed by atoms with Gasteiger partial charge in [0.05, 0.1) is 6.61 Å². The minimum Gasteiger partial charge on any atom is -0.494 e. The van der Waals surface area contributed by atoms with Gasteiger partial charge in [0.25, 0.3) is 0 Å². The molecule has 278 valence electrons. The zero-order valence-corrected chi connectivity index (χ0v) is 33.6. The van der Waals surface area contributed by atoms with Gasteiger partial charge in [0, 0.05) is 0 Å². The van der Waals surface area contributed by atoms with Crippen LogP contribution in [0.3, 0.4) is 0 Å². The van der Waals surface area contributed by atoms with Crippen molar-refractivity contribution in [1.82, 2.24) is 0 Å². The van der Waals surface area contributed by atoms with Crippen LogP contribution in [-0.2, 0) is 26.1 Å². The Morgan fingerprint density at radius 1 is 0.352 bits per heavy atom. The van der Waals surface area contributed by atoms with Crippen LogP contribution in [0.2, 0.25) is 0 Å². The highest BCUT2D eigenvalue weighted by Crippen LogP contribution is 2.34. The first-order valence-corrected chi connectivity index (χ1v) is 21.2. The van der Waals surface area contributed by atoms with E-state index in [1.54, 1.807) is 0 Å². The molecule has 6 rings (SSSR count). The summed E-state index contributed by atoms with van der Waals surface area (Å²) in [6, 6.07) is 53.5. The van der Waals surface area contributed by atoms with Gasteiger partial charge in [-0.25, -0.2) is 0 Å². The van der Waals surface area contributed by atoms with Crippen LogP contribution in [0, 0.1) is 0 Å². The van der Waals surface area contributed by atoms with Crippen molar-refractivity contribution in [3.63, 3.8) is 0 Å². The molecular formula is C50H53IO3. The van der Waals surface area contributed by atoms with Gasteiger partial charge >= 0.3 is 0 Å². The Bertz CT molecular complexity index is 1920. The summed E-state index contributed by atoms with van der Waals surface area (Å²) in [7, 11) is 0. The Labute approximate surface area is 336 Å². The van der Waals surface area contributed by atoms with Crippen LogP contribution in [0.4, 0.5) is 0 Å². The van der Waals surface area contributed by atoms with E-state index < -0.39 is 0 Å². The first kappa shape index (κ1) is 39.2. The van der Waals surface area contributed by atoms with Gasteiger partial charge in [-0.1, -0.05) is 176 Å². The lowest BCUT2D eigenvalue weighted by Crippen LogP contribution is -2.01. The highest BCUT2D eigenvalue weighted by atomic mass is 127. The van der Waals surface area contributed by atoms with Crippen molar-refractivity contribution in [3.05, 3.63) is 174 Å². The number of hydrogen-bond acceptors (Lipinski definition) is 3. The quantitative estimate of drug-likeness (QED) is 0.0388. The van der Waals surface area contributed by atoms with Crippen molar-refractivity contribution in [2.75, 3.05) is 11.0 Å². The van der Waals surface area contributed by atoms with Crippen molar-refractivity contribution >= 4 is 22.6 Å². The van der Waals surface area contributed by atoms with Crippen molar-refractivity contribution in [2.24, 2.45) is 0 Å². The third kappa shape index (κ3) is 12.8.